The van der Waals surface area contributed by atoms with Crippen molar-refractivity contribution in [3.63, 3.8) is 0 Å². The van der Waals surface area contributed by atoms with Gasteiger partial charge in [0.25, 0.3) is 10.0 Å². The Bertz CT molecular complexity index is 640. The molecule has 1 aliphatic rings. The highest BCUT2D eigenvalue weighted by Crippen LogP contribution is 2.41. The first-order chi connectivity index (χ1) is 8.69. The Morgan fingerprint density at radius 3 is 2.06 bits per heavy atom. The van der Waals surface area contributed by atoms with Crippen LogP contribution in [0.25, 0.3) is 0 Å². The summed E-state index contributed by atoms with van der Waals surface area (Å²) in [6.07, 6.45) is -0.503. The van der Waals surface area contributed by atoms with Gasteiger partial charge in [0.2, 0.25) is 0 Å². The third-order valence-corrected chi connectivity index (χ3v) is 4.33. The lowest BCUT2D eigenvalue weighted by molar-refractivity contribution is 0.283. The summed E-state index contributed by atoms with van der Waals surface area (Å²) in [4.78, 5) is 5.41. The molecule has 0 radical (unpaired) electrons. The van der Waals surface area contributed by atoms with Crippen LogP contribution in [0.5, 0.6) is 0 Å². The number of sulfonamides is 1. The van der Waals surface area contributed by atoms with Gasteiger partial charge in [-0.05, 0) is 16.6 Å². The van der Waals surface area contributed by atoms with E-state index in [2.05, 4.69) is 0 Å². The number of hydrogen-bond acceptors (Lipinski definition) is 3. The fourth-order valence-corrected chi connectivity index (χ4v) is 3.03. The van der Waals surface area contributed by atoms with Crippen molar-refractivity contribution in [3.05, 3.63) is 66.2 Å². The molecule has 1 unspecified atom stereocenters. The molecule has 92 valence electrons. The molecule has 1 saturated heterocycles. The Labute approximate surface area is 105 Å². The molecule has 3 rings (SSSR count). The fourth-order valence-electron chi connectivity index (χ4n) is 1.75. The smallest absolute Gasteiger partial charge is 0.253 e. The molecule has 0 bridgehead atoms. The zero-order valence-corrected chi connectivity index (χ0v) is 10.2. The van der Waals surface area contributed by atoms with Crippen molar-refractivity contribution in [2.24, 2.45) is 0 Å². The van der Waals surface area contributed by atoms with E-state index in [9.17, 15) is 8.42 Å². The van der Waals surface area contributed by atoms with Crippen LogP contribution < -0.4 is 0 Å². The van der Waals surface area contributed by atoms with Crippen LogP contribution in [-0.4, -0.2) is 12.9 Å². The Kier molecular flexibility index (Phi) is 2.66. The molecule has 5 heteroatoms. The molecular formula is C13H11NO3S. The Morgan fingerprint density at radius 1 is 0.889 bits per heavy atom. The van der Waals surface area contributed by atoms with Gasteiger partial charge < -0.3 is 0 Å². The lowest BCUT2D eigenvalue weighted by atomic mass is 10.2. The summed E-state index contributed by atoms with van der Waals surface area (Å²) in [5.74, 6) is 0. The molecule has 2 aromatic carbocycles. The largest absolute Gasteiger partial charge is 0.267 e. The van der Waals surface area contributed by atoms with E-state index in [1.54, 1.807) is 30.3 Å². The van der Waals surface area contributed by atoms with E-state index < -0.39 is 16.3 Å². The number of hydroxylamine groups is 1. The summed E-state index contributed by atoms with van der Waals surface area (Å²) in [6, 6.07) is 17.5. The molecule has 4 nitrogen and oxygen atoms in total. The summed E-state index contributed by atoms with van der Waals surface area (Å²) in [6.45, 7) is 0. The van der Waals surface area contributed by atoms with Gasteiger partial charge >= 0.3 is 0 Å². The first-order valence-electron chi connectivity index (χ1n) is 5.51. The molecule has 18 heavy (non-hydrogen) atoms. The predicted octanol–water partition coefficient (Wildman–Crippen LogP) is 2.32. The summed E-state index contributed by atoms with van der Waals surface area (Å²) in [7, 11) is -3.55. The van der Waals surface area contributed by atoms with Crippen molar-refractivity contribution in [3.8, 4) is 0 Å². The van der Waals surface area contributed by atoms with Crippen LogP contribution in [0.3, 0.4) is 0 Å². The van der Waals surface area contributed by atoms with Crippen molar-refractivity contribution in [2.75, 3.05) is 0 Å². The minimum Gasteiger partial charge on any atom is -0.253 e. The van der Waals surface area contributed by atoms with Gasteiger partial charge in [0.1, 0.15) is 0 Å². The lowest BCUT2D eigenvalue weighted by Crippen LogP contribution is -2.12. The van der Waals surface area contributed by atoms with Gasteiger partial charge in [0, 0.05) is 5.56 Å². The van der Waals surface area contributed by atoms with Crippen LogP contribution in [0, 0.1) is 0 Å². The third kappa shape index (κ3) is 1.92. The van der Waals surface area contributed by atoms with E-state index in [4.69, 9.17) is 4.84 Å². The SMILES string of the molecule is O=S(=O)(c1ccccc1)[N@@]1OC1c1ccccc1. The monoisotopic (exact) mass is 261 g/mol. The number of benzene rings is 2. The summed E-state index contributed by atoms with van der Waals surface area (Å²) >= 11 is 0. The summed E-state index contributed by atoms with van der Waals surface area (Å²) in [5, 5.41) is 0. The molecule has 1 fully saturated rings. The van der Waals surface area contributed by atoms with Gasteiger partial charge in [0.15, 0.2) is 6.23 Å². The van der Waals surface area contributed by atoms with E-state index in [-0.39, 0.29) is 4.90 Å². The maximum Gasteiger partial charge on any atom is 0.267 e. The topological polar surface area (TPSA) is 49.7 Å². The van der Waals surface area contributed by atoms with Crippen LogP contribution in [0.2, 0.25) is 0 Å². The lowest BCUT2D eigenvalue weighted by Gasteiger charge is -2.01. The van der Waals surface area contributed by atoms with Crippen LogP contribution in [-0.2, 0) is 14.9 Å². The minimum absolute atomic E-state index is 0.239. The second-order valence-electron chi connectivity index (χ2n) is 3.94. The van der Waals surface area contributed by atoms with Crippen molar-refractivity contribution in [1.29, 1.82) is 0 Å². The van der Waals surface area contributed by atoms with E-state index >= 15 is 0 Å². The van der Waals surface area contributed by atoms with Gasteiger partial charge in [-0.15, -0.1) is 0 Å². The van der Waals surface area contributed by atoms with Crippen LogP contribution in [0.4, 0.5) is 0 Å². The van der Waals surface area contributed by atoms with Crippen LogP contribution in [0.15, 0.2) is 65.6 Å². The highest BCUT2D eigenvalue weighted by atomic mass is 32.2. The first-order valence-corrected chi connectivity index (χ1v) is 6.95. The van der Waals surface area contributed by atoms with Crippen molar-refractivity contribution in [1.82, 2.24) is 4.47 Å². The van der Waals surface area contributed by atoms with Gasteiger partial charge in [-0.3, -0.25) is 4.84 Å². The van der Waals surface area contributed by atoms with E-state index in [0.29, 0.717) is 0 Å². The molecule has 0 N–H and O–H groups in total. The second-order valence-corrected chi connectivity index (χ2v) is 5.72. The Hall–Kier alpha value is -1.69. The normalized spacial score (nSPS) is 22.7. The Balaban J connectivity index is 1.87. The standard InChI is InChI=1S/C13H11NO3S/c15-18(16,12-9-5-2-6-10-12)14-13(17-14)11-7-3-1-4-8-11/h1-10,13H/t13?,14-/m1/s1. The quantitative estimate of drug-likeness (QED) is 0.797. The number of hydrogen-bond donors (Lipinski definition) is 0. The third-order valence-electron chi connectivity index (χ3n) is 2.71. The molecule has 0 aliphatic carbocycles. The molecule has 0 amide bonds. The van der Waals surface area contributed by atoms with Crippen molar-refractivity contribution in [2.45, 2.75) is 11.1 Å². The maximum atomic E-state index is 12.2. The zero-order valence-electron chi connectivity index (χ0n) is 9.43. The minimum atomic E-state index is -3.55. The van der Waals surface area contributed by atoms with Crippen LogP contribution >= 0.6 is 0 Å². The fraction of sp³-hybridized carbons (Fsp3) is 0.0769. The van der Waals surface area contributed by atoms with Crippen molar-refractivity contribution >= 4 is 10.0 Å². The highest BCUT2D eigenvalue weighted by molar-refractivity contribution is 7.89. The average molecular weight is 261 g/mol. The highest BCUT2D eigenvalue weighted by Gasteiger charge is 2.48. The van der Waals surface area contributed by atoms with Gasteiger partial charge in [0.05, 0.1) is 4.90 Å². The van der Waals surface area contributed by atoms with E-state index in [0.717, 1.165) is 10.0 Å². The zero-order chi connectivity index (χ0) is 12.6. The van der Waals surface area contributed by atoms with Gasteiger partial charge in [-0.25, -0.2) is 8.42 Å². The number of nitrogens with zero attached hydrogens (tertiary/aromatic N) is 1. The summed E-state index contributed by atoms with van der Waals surface area (Å²) in [5.41, 5.74) is 0.831. The van der Waals surface area contributed by atoms with E-state index in [1.165, 1.54) is 0 Å². The predicted molar refractivity (Wildman–Crippen MR) is 65.7 cm³/mol. The molecule has 0 spiro atoms. The molecule has 0 saturated carbocycles. The molecule has 2 aromatic rings. The molecular weight excluding hydrogens is 250 g/mol. The van der Waals surface area contributed by atoms with Gasteiger partial charge in [-0.2, -0.15) is 0 Å². The van der Waals surface area contributed by atoms with Crippen molar-refractivity contribution < 1.29 is 13.3 Å². The number of rotatable bonds is 3. The first kappa shape index (κ1) is 11.4. The summed E-state index contributed by atoms with van der Waals surface area (Å²) < 4.78 is 25.4. The molecule has 1 heterocycles. The van der Waals surface area contributed by atoms with Gasteiger partial charge in [-0.1, -0.05) is 48.5 Å². The van der Waals surface area contributed by atoms with Crippen LogP contribution in [0.1, 0.15) is 11.8 Å². The van der Waals surface area contributed by atoms with E-state index in [1.807, 2.05) is 30.3 Å². The molecule has 1 aliphatic heterocycles. The Morgan fingerprint density at radius 2 is 1.44 bits per heavy atom. The second kappa shape index (κ2) is 4.20. The average Bonchev–Trinajstić information content (AvgIpc) is 3.22. The molecule has 2 atom stereocenters. The molecule has 0 aromatic heterocycles. The maximum absolute atomic E-state index is 12.2.